The molecule has 0 spiro atoms. The van der Waals surface area contributed by atoms with Crippen LogP contribution >= 0.6 is 0 Å². The van der Waals surface area contributed by atoms with Crippen molar-refractivity contribution in [2.75, 3.05) is 0 Å². The maximum absolute atomic E-state index is 5.02. The Balaban J connectivity index is 1.06. The van der Waals surface area contributed by atoms with Crippen molar-refractivity contribution >= 4 is 45.2 Å². The number of para-hydroxylation sites is 2. The minimum atomic E-state index is 0.478. The molecule has 0 fully saturated rings. The zero-order chi connectivity index (χ0) is 40.3. The Morgan fingerprint density at radius 3 is 1.83 bits per heavy atom. The highest BCUT2D eigenvalue weighted by Gasteiger charge is 2.19. The molecule has 0 saturated heterocycles. The molecular weight excluding hydrogens is 719 g/mol. The van der Waals surface area contributed by atoms with Gasteiger partial charge >= 0.3 is 0 Å². The number of hydrogen-bond donors (Lipinski definition) is 0. The van der Waals surface area contributed by atoms with E-state index in [1.165, 1.54) is 21.8 Å². The van der Waals surface area contributed by atoms with Crippen LogP contribution in [-0.2, 0) is 0 Å². The summed E-state index contributed by atoms with van der Waals surface area (Å²) in [6.45, 7) is 16.7. The van der Waals surface area contributed by atoms with Gasteiger partial charge in [0.1, 0.15) is 0 Å². The number of benzene rings is 7. The molecular formula is C54H39N5. The number of nitrogens with zero attached hydrogens (tertiary/aromatic N) is 5. The molecule has 59 heavy (non-hydrogen) atoms. The Morgan fingerprint density at radius 1 is 0.492 bits per heavy atom. The molecule has 0 radical (unpaired) electrons. The summed E-state index contributed by atoms with van der Waals surface area (Å²) >= 11 is 0. The highest BCUT2D eigenvalue weighted by molar-refractivity contribution is 6.10. The van der Waals surface area contributed by atoms with Crippen molar-refractivity contribution in [1.29, 1.82) is 0 Å². The lowest BCUT2D eigenvalue weighted by molar-refractivity contribution is 1.04. The molecule has 2 aromatic heterocycles. The van der Waals surface area contributed by atoms with Crippen LogP contribution in [0.25, 0.3) is 78.1 Å². The number of aliphatic imine (C=N–C) groups is 1. The van der Waals surface area contributed by atoms with Crippen molar-refractivity contribution in [1.82, 2.24) is 19.5 Å². The average molecular weight is 758 g/mol. The topological polar surface area (TPSA) is 56.0 Å². The normalized spacial score (nSPS) is 11.4. The third-order valence-corrected chi connectivity index (χ3v) is 10.7. The summed E-state index contributed by atoms with van der Waals surface area (Å²) in [6.07, 6.45) is 3.44. The second kappa shape index (κ2) is 15.8. The van der Waals surface area contributed by atoms with Gasteiger partial charge in [0.25, 0.3) is 0 Å². The largest absolute Gasteiger partial charge is 0.309 e. The molecule has 0 aliphatic carbocycles. The van der Waals surface area contributed by atoms with E-state index in [-0.39, 0.29) is 0 Å². The first-order valence-corrected chi connectivity index (χ1v) is 19.4. The van der Waals surface area contributed by atoms with Crippen molar-refractivity contribution in [2.24, 2.45) is 4.99 Å². The van der Waals surface area contributed by atoms with Crippen molar-refractivity contribution in [3.8, 4) is 39.6 Å². The Labute approximate surface area is 344 Å². The number of aromatic nitrogens is 4. The van der Waals surface area contributed by atoms with Crippen LogP contribution < -0.4 is 0 Å². The predicted octanol–water partition coefficient (Wildman–Crippen LogP) is 13.3. The molecule has 9 rings (SSSR count). The monoisotopic (exact) mass is 757 g/mol. The third kappa shape index (κ3) is 7.02. The molecule has 5 nitrogen and oxygen atoms in total. The number of allylic oxidation sites excluding steroid dienone is 2. The molecule has 7 aromatic carbocycles. The Hall–Kier alpha value is -8.02. The Bertz CT molecular complexity index is 3100. The SMILES string of the molecule is C=C/C(=C\N=C)c1cccc(-c2nc(C(=C)c3ccccc3C(=C)c3ccc(-c4ccc5c(c4)c4ccccc4n5-c4ccccc4)cc3)nc(-c3ccccc3)n2)c1. The summed E-state index contributed by atoms with van der Waals surface area (Å²) < 4.78 is 2.34. The fraction of sp³-hybridized carbons (Fsp3) is 0. The van der Waals surface area contributed by atoms with Crippen molar-refractivity contribution in [2.45, 2.75) is 0 Å². The minimum Gasteiger partial charge on any atom is -0.309 e. The molecule has 0 aliphatic heterocycles. The van der Waals surface area contributed by atoms with Gasteiger partial charge in [-0.1, -0.05) is 165 Å². The molecule has 280 valence electrons. The third-order valence-electron chi connectivity index (χ3n) is 10.7. The second-order valence-electron chi connectivity index (χ2n) is 14.2. The zero-order valence-corrected chi connectivity index (χ0v) is 32.5. The fourth-order valence-corrected chi connectivity index (χ4v) is 7.69. The van der Waals surface area contributed by atoms with Crippen molar-refractivity contribution < 1.29 is 0 Å². The van der Waals surface area contributed by atoms with E-state index >= 15 is 0 Å². The fourth-order valence-electron chi connectivity index (χ4n) is 7.69. The first-order valence-electron chi connectivity index (χ1n) is 19.4. The lowest BCUT2D eigenvalue weighted by atomic mass is 9.91. The van der Waals surface area contributed by atoms with E-state index in [0.29, 0.717) is 23.0 Å². The summed E-state index contributed by atoms with van der Waals surface area (Å²) in [5, 5.41) is 2.45. The van der Waals surface area contributed by atoms with E-state index in [1.807, 2.05) is 72.8 Å². The van der Waals surface area contributed by atoms with Gasteiger partial charge in [-0.25, -0.2) is 15.0 Å². The highest BCUT2D eigenvalue weighted by Crippen LogP contribution is 2.37. The van der Waals surface area contributed by atoms with Crippen molar-refractivity contribution in [3.63, 3.8) is 0 Å². The maximum Gasteiger partial charge on any atom is 0.164 e. The smallest absolute Gasteiger partial charge is 0.164 e. The quantitative estimate of drug-likeness (QED) is 0.0975. The summed E-state index contributed by atoms with van der Waals surface area (Å²) in [7, 11) is 0. The number of fused-ring (bicyclic) bond motifs is 3. The van der Waals surface area contributed by atoms with E-state index in [2.05, 4.69) is 139 Å². The zero-order valence-electron chi connectivity index (χ0n) is 32.5. The van der Waals surface area contributed by atoms with Crippen molar-refractivity contribution in [3.05, 3.63) is 236 Å². The van der Waals surface area contributed by atoms with E-state index in [4.69, 9.17) is 15.0 Å². The molecule has 0 amide bonds. The molecule has 0 atom stereocenters. The van der Waals surface area contributed by atoms with Gasteiger partial charge in [-0.2, -0.15) is 0 Å². The summed E-state index contributed by atoms with van der Waals surface area (Å²) in [6, 6.07) is 60.6. The molecule has 0 saturated carbocycles. The van der Waals surface area contributed by atoms with E-state index in [1.54, 1.807) is 12.3 Å². The van der Waals surface area contributed by atoms with Crippen LogP contribution in [0.4, 0.5) is 0 Å². The highest BCUT2D eigenvalue weighted by atomic mass is 15.0. The van der Waals surface area contributed by atoms with Crippen LogP contribution in [0.1, 0.15) is 28.1 Å². The Kier molecular flexibility index (Phi) is 9.83. The summed E-state index contributed by atoms with van der Waals surface area (Å²) in [5.41, 5.74) is 13.7. The minimum absolute atomic E-state index is 0.478. The second-order valence-corrected chi connectivity index (χ2v) is 14.2. The van der Waals surface area contributed by atoms with E-state index < -0.39 is 0 Å². The van der Waals surface area contributed by atoms with E-state index in [0.717, 1.165) is 61.3 Å². The van der Waals surface area contributed by atoms with Crippen LogP contribution in [0.15, 0.2) is 213 Å². The first kappa shape index (κ1) is 36.6. The van der Waals surface area contributed by atoms with Gasteiger partial charge < -0.3 is 4.57 Å². The molecule has 2 heterocycles. The Morgan fingerprint density at radius 2 is 1.10 bits per heavy atom. The first-order chi connectivity index (χ1) is 29.0. The number of rotatable bonds is 11. The molecule has 5 heteroatoms. The molecule has 0 unspecified atom stereocenters. The molecule has 9 aromatic rings. The molecule has 0 N–H and O–H groups in total. The van der Waals surface area contributed by atoms with Crippen LogP contribution in [0.5, 0.6) is 0 Å². The lowest BCUT2D eigenvalue weighted by Gasteiger charge is -2.16. The van der Waals surface area contributed by atoms with Gasteiger partial charge in [-0.05, 0) is 87.6 Å². The summed E-state index contributed by atoms with van der Waals surface area (Å²) in [4.78, 5) is 18.9. The number of hydrogen-bond acceptors (Lipinski definition) is 4. The van der Waals surface area contributed by atoms with Crippen LogP contribution in [0.2, 0.25) is 0 Å². The van der Waals surface area contributed by atoms with Gasteiger partial charge in [-0.15, -0.1) is 0 Å². The van der Waals surface area contributed by atoms with Gasteiger partial charge in [0.2, 0.25) is 0 Å². The average Bonchev–Trinajstić information content (AvgIpc) is 3.64. The lowest BCUT2D eigenvalue weighted by Crippen LogP contribution is -2.04. The summed E-state index contributed by atoms with van der Waals surface area (Å²) in [5.74, 6) is 1.56. The van der Waals surface area contributed by atoms with Crippen LogP contribution in [0, 0.1) is 0 Å². The standard InChI is InChI=1S/C54H39N5/c1-5-38(35-55-4)42-19-16-20-44(33-42)54-57-52(56-53(58-54)41-17-8-6-9-18-41)37(3)47-24-13-12-23-46(47)36(2)39-27-29-40(30-28-39)43-31-32-51-49(34-43)48-25-14-15-26-50(48)59(51)45-21-10-7-11-22-45/h5-35H,1-4H2/b38-35+. The van der Waals surface area contributed by atoms with Gasteiger partial charge in [0.15, 0.2) is 17.5 Å². The van der Waals surface area contributed by atoms with Gasteiger partial charge in [0.05, 0.1) is 11.0 Å². The van der Waals surface area contributed by atoms with Gasteiger partial charge in [-0.3, -0.25) is 4.99 Å². The van der Waals surface area contributed by atoms with Crippen LogP contribution in [-0.4, -0.2) is 26.2 Å². The van der Waals surface area contributed by atoms with Crippen LogP contribution in [0.3, 0.4) is 0 Å². The molecule has 0 bridgehead atoms. The van der Waals surface area contributed by atoms with Gasteiger partial charge in [0, 0.05) is 39.4 Å². The molecule has 0 aliphatic rings. The van der Waals surface area contributed by atoms with E-state index in [9.17, 15) is 0 Å². The predicted molar refractivity (Wildman–Crippen MR) is 247 cm³/mol. The maximum atomic E-state index is 5.02.